The van der Waals surface area contributed by atoms with E-state index in [0.717, 1.165) is 24.3 Å². The van der Waals surface area contributed by atoms with Gasteiger partial charge in [0.05, 0.1) is 6.54 Å². The van der Waals surface area contributed by atoms with Crippen LogP contribution in [0.4, 0.5) is 0 Å². The highest BCUT2D eigenvalue weighted by Crippen LogP contribution is 2.25. The molecule has 2 amide bonds. The summed E-state index contributed by atoms with van der Waals surface area (Å²) in [5.74, 6) is 0.886. The third-order valence-corrected chi connectivity index (χ3v) is 5.04. The number of aryl methyl sites for hydroxylation is 1. The van der Waals surface area contributed by atoms with Crippen molar-refractivity contribution in [3.8, 4) is 5.75 Å². The van der Waals surface area contributed by atoms with Crippen molar-refractivity contribution >= 4 is 11.8 Å². The number of carbonyl (C=O) groups is 2. The zero-order valence-corrected chi connectivity index (χ0v) is 14.7. The van der Waals surface area contributed by atoms with Crippen molar-refractivity contribution in [2.75, 3.05) is 32.8 Å². The van der Waals surface area contributed by atoms with Crippen LogP contribution in [-0.2, 0) is 9.59 Å². The molecule has 1 N–H and O–H groups in total. The highest BCUT2D eigenvalue weighted by atomic mass is 16.5. The van der Waals surface area contributed by atoms with Gasteiger partial charge in [0.15, 0.2) is 0 Å². The van der Waals surface area contributed by atoms with Crippen LogP contribution in [0, 0.1) is 6.92 Å². The minimum absolute atomic E-state index is 0.00785. The molecule has 1 atom stereocenters. The number of hydrogen-bond acceptors (Lipinski definition) is 4. The Bertz CT molecular complexity index is 648. The number of benzene rings is 1. The molecule has 1 aromatic rings. The first-order valence-corrected chi connectivity index (χ1v) is 8.93. The van der Waals surface area contributed by atoms with Crippen LogP contribution in [0.2, 0.25) is 0 Å². The molecule has 2 aliphatic rings. The highest BCUT2D eigenvalue weighted by molar-refractivity contribution is 5.80. The standard InChI is InChI=1S/C19H26N2O4/c1-15-5-2-3-6-16(15)25-14-19(24)9-12-21(13-19)18(23)8-11-20-10-4-7-17(20)22/h2-3,5-6,24H,4,7-14H2,1H3/t19-/m0/s1. The van der Waals surface area contributed by atoms with Gasteiger partial charge >= 0.3 is 0 Å². The fraction of sp³-hybridized carbons (Fsp3) is 0.579. The van der Waals surface area contributed by atoms with Crippen molar-refractivity contribution in [1.29, 1.82) is 0 Å². The number of ether oxygens (including phenoxy) is 1. The lowest BCUT2D eigenvalue weighted by Crippen LogP contribution is -2.41. The van der Waals surface area contributed by atoms with Crippen molar-refractivity contribution in [1.82, 2.24) is 9.80 Å². The Kier molecular flexibility index (Phi) is 5.27. The van der Waals surface area contributed by atoms with E-state index in [9.17, 15) is 14.7 Å². The number of hydrogen-bond donors (Lipinski definition) is 1. The smallest absolute Gasteiger partial charge is 0.224 e. The molecule has 6 heteroatoms. The zero-order chi connectivity index (χ0) is 17.9. The lowest BCUT2D eigenvalue weighted by Gasteiger charge is -2.24. The van der Waals surface area contributed by atoms with Gasteiger partial charge in [-0.1, -0.05) is 18.2 Å². The third kappa shape index (κ3) is 4.31. The number of amides is 2. The molecule has 2 aliphatic heterocycles. The third-order valence-electron chi connectivity index (χ3n) is 5.04. The van der Waals surface area contributed by atoms with Crippen molar-refractivity contribution in [3.05, 3.63) is 29.8 Å². The lowest BCUT2D eigenvalue weighted by atomic mass is 10.1. The number of aliphatic hydroxyl groups is 1. The van der Waals surface area contributed by atoms with E-state index in [1.54, 1.807) is 9.80 Å². The summed E-state index contributed by atoms with van der Waals surface area (Å²) in [6.07, 6.45) is 2.30. The normalized spacial score (nSPS) is 23.4. The van der Waals surface area contributed by atoms with Crippen LogP contribution >= 0.6 is 0 Å². The number of para-hydroxylation sites is 1. The first-order valence-electron chi connectivity index (χ1n) is 8.93. The summed E-state index contributed by atoms with van der Waals surface area (Å²) in [6, 6.07) is 7.68. The molecule has 3 rings (SSSR count). The molecule has 0 unspecified atom stereocenters. The fourth-order valence-electron chi connectivity index (χ4n) is 3.45. The van der Waals surface area contributed by atoms with Gasteiger partial charge in [0.2, 0.25) is 11.8 Å². The summed E-state index contributed by atoms with van der Waals surface area (Å²) in [6.45, 7) is 4.18. The molecule has 0 spiro atoms. The van der Waals surface area contributed by atoms with Crippen LogP contribution in [-0.4, -0.2) is 65.1 Å². The molecule has 136 valence electrons. The van der Waals surface area contributed by atoms with Crippen molar-refractivity contribution in [3.63, 3.8) is 0 Å². The molecule has 2 fully saturated rings. The number of β-amino-alcohol motifs (C(OH)–C–C–N with tert-alkyl or cyclic N) is 1. The summed E-state index contributed by atoms with van der Waals surface area (Å²) >= 11 is 0. The van der Waals surface area contributed by atoms with Crippen LogP contribution in [0.3, 0.4) is 0 Å². The minimum atomic E-state index is -1.01. The van der Waals surface area contributed by atoms with Gasteiger partial charge in [-0.15, -0.1) is 0 Å². The van der Waals surface area contributed by atoms with Gasteiger partial charge in [0.1, 0.15) is 18.0 Å². The van der Waals surface area contributed by atoms with Crippen LogP contribution in [0.15, 0.2) is 24.3 Å². The van der Waals surface area contributed by atoms with Crippen molar-refractivity contribution in [2.45, 2.75) is 38.2 Å². The molecule has 1 aromatic carbocycles. The van der Waals surface area contributed by atoms with Gasteiger partial charge < -0.3 is 19.6 Å². The molecule has 2 saturated heterocycles. The van der Waals surface area contributed by atoms with Crippen molar-refractivity contribution in [2.24, 2.45) is 0 Å². The average molecular weight is 346 g/mol. The van der Waals surface area contributed by atoms with E-state index in [4.69, 9.17) is 4.74 Å². The molecule has 0 aliphatic carbocycles. The Balaban J connectivity index is 1.47. The molecule has 0 radical (unpaired) electrons. The number of rotatable bonds is 6. The summed E-state index contributed by atoms with van der Waals surface area (Å²) in [5, 5.41) is 10.7. The van der Waals surface area contributed by atoms with Gasteiger partial charge in [-0.2, -0.15) is 0 Å². The predicted molar refractivity (Wildman–Crippen MR) is 93.3 cm³/mol. The number of likely N-dealkylation sites (tertiary alicyclic amines) is 2. The van der Waals surface area contributed by atoms with Gasteiger partial charge in [-0.25, -0.2) is 0 Å². The SMILES string of the molecule is Cc1ccccc1OC[C@]1(O)CCN(C(=O)CCN2CCCC2=O)C1. The average Bonchev–Trinajstić information content (AvgIpc) is 3.18. The van der Waals surface area contributed by atoms with Gasteiger partial charge in [-0.3, -0.25) is 9.59 Å². The Morgan fingerprint density at radius 2 is 2.12 bits per heavy atom. The Hall–Kier alpha value is -2.08. The van der Waals surface area contributed by atoms with Crippen LogP contribution < -0.4 is 4.74 Å². The quantitative estimate of drug-likeness (QED) is 0.844. The number of nitrogens with zero attached hydrogens (tertiary/aromatic N) is 2. The van der Waals surface area contributed by atoms with Crippen LogP contribution in [0.25, 0.3) is 0 Å². The lowest BCUT2D eigenvalue weighted by molar-refractivity contribution is -0.133. The molecule has 6 nitrogen and oxygen atoms in total. The summed E-state index contributed by atoms with van der Waals surface area (Å²) in [5.41, 5.74) is 0.00816. The molecule has 25 heavy (non-hydrogen) atoms. The first-order chi connectivity index (χ1) is 12.0. The maximum atomic E-state index is 12.4. The van der Waals surface area contributed by atoms with Gasteiger partial charge in [0.25, 0.3) is 0 Å². The zero-order valence-electron chi connectivity index (χ0n) is 14.7. The van der Waals surface area contributed by atoms with Crippen LogP contribution in [0.5, 0.6) is 5.75 Å². The second kappa shape index (κ2) is 7.44. The van der Waals surface area contributed by atoms with E-state index in [2.05, 4.69) is 0 Å². The molecular weight excluding hydrogens is 320 g/mol. The van der Waals surface area contributed by atoms with E-state index in [0.29, 0.717) is 32.4 Å². The van der Waals surface area contributed by atoms with Gasteiger partial charge in [0, 0.05) is 32.5 Å². The maximum Gasteiger partial charge on any atom is 0.224 e. The predicted octanol–water partition coefficient (Wildman–Crippen LogP) is 1.35. The Morgan fingerprint density at radius 3 is 2.84 bits per heavy atom. The topological polar surface area (TPSA) is 70.1 Å². The Labute approximate surface area is 148 Å². The molecule has 0 saturated carbocycles. The second-order valence-electron chi connectivity index (χ2n) is 7.08. The van der Waals surface area contributed by atoms with Crippen LogP contribution in [0.1, 0.15) is 31.2 Å². The first kappa shape index (κ1) is 17.7. The molecule has 0 bridgehead atoms. The van der Waals surface area contributed by atoms with E-state index in [1.165, 1.54) is 0 Å². The molecule has 2 heterocycles. The summed E-state index contributed by atoms with van der Waals surface area (Å²) < 4.78 is 5.77. The van der Waals surface area contributed by atoms with E-state index < -0.39 is 5.60 Å². The minimum Gasteiger partial charge on any atom is -0.490 e. The molecule has 0 aromatic heterocycles. The monoisotopic (exact) mass is 346 g/mol. The van der Waals surface area contributed by atoms with Crippen molar-refractivity contribution < 1.29 is 19.4 Å². The molecular formula is C19H26N2O4. The second-order valence-corrected chi connectivity index (χ2v) is 7.08. The summed E-state index contributed by atoms with van der Waals surface area (Å²) in [7, 11) is 0. The fourth-order valence-corrected chi connectivity index (χ4v) is 3.45. The largest absolute Gasteiger partial charge is 0.490 e. The maximum absolute atomic E-state index is 12.4. The summed E-state index contributed by atoms with van der Waals surface area (Å²) in [4.78, 5) is 27.4. The number of carbonyl (C=O) groups excluding carboxylic acids is 2. The van der Waals surface area contributed by atoms with Gasteiger partial charge in [-0.05, 0) is 31.4 Å². The van der Waals surface area contributed by atoms with E-state index >= 15 is 0 Å². The highest BCUT2D eigenvalue weighted by Gasteiger charge is 2.39. The van der Waals surface area contributed by atoms with E-state index in [-0.39, 0.29) is 25.0 Å². The van der Waals surface area contributed by atoms with E-state index in [1.807, 2.05) is 31.2 Å². The Morgan fingerprint density at radius 1 is 1.32 bits per heavy atom.